The number of fused-ring (bicyclic) bond motifs is 1. The zero-order chi connectivity index (χ0) is 16.6. The van der Waals surface area contributed by atoms with Gasteiger partial charge in [0.1, 0.15) is 6.04 Å². The fraction of sp³-hybridized carbons (Fsp3) is 0.176. The Morgan fingerprint density at radius 1 is 1.22 bits per heavy atom. The number of amides is 1. The van der Waals surface area contributed by atoms with Crippen LogP contribution in [0.15, 0.2) is 36.4 Å². The zero-order valence-electron chi connectivity index (χ0n) is 12.3. The summed E-state index contributed by atoms with van der Waals surface area (Å²) in [4.78, 5) is 13.8. The molecule has 116 valence electrons. The number of benzene rings is 2. The van der Waals surface area contributed by atoms with E-state index in [0.29, 0.717) is 16.9 Å². The van der Waals surface area contributed by atoms with Gasteiger partial charge < -0.3 is 10.2 Å². The van der Waals surface area contributed by atoms with Crippen LogP contribution in [0.5, 0.6) is 0 Å². The van der Waals surface area contributed by atoms with Gasteiger partial charge in [-0.25, -0.2) is 8.78 Å². The number of nitrogens with one attached hydrogen (secondary N) is 1. The van der Waals surface area contributed by atoms with Gasteiger partial charge in [0, 0.05) is 12.1 Å². The summed E-state index contributed by atoms with van der Waals surface area (Å²) in [5.41, 5.74) is 1.99. The van der Waals surface area contributed by atoms with Crippen molar-refractivity contribution in [3.05, 3.63) is 59.2 Å². The van der Waals surface area contributed by atoms with Gasteiger partial charge in [-0.05, 0) is 24.6 Å². The summed E-state index contributed by atoms with van der Waals surface area (Å²) in [5.74, 6) is -2.19. The Bertz CT molecular complexity index is 812. The molecule has 0 fully saturated rings. The second-order valence-electron chi connectivity index (χ2n) is 5.38. The van der Waals surface area contributed by atoms with Crippen molar-refractivity contribution < 1.29 is 13.6 Å². The minimum Gasteiger partial charge on any atom is -0.372 e. The summed E-state index contributed by atoms with van der Waals surface area (Å²) in [6.07, 6.45) is 0. The van der Waals surface area contributed by atoms with Crippen molar-refractivity contribution in [2.24, 2.45) is 0 Å². The van der Waals surface area contributed by atoms with E-state index in [4.69, 9.17) is 5.26 Å². The second-order valence-corrected chi connectivity index (χ2v) is 5.38. The number of carbonyl (C=O) groups is 1. The molecule has 0 spiro atoms. The van der Waals surface area contributed by atoms with Crippen molar-refractivity contribution in [2.75, 3.05) is 10.2 Å². The van der Waals surface area contributed by atoms with Gasteiger partial charge in [0.25, 0.3) is 0 Å². The van der Waals surface area contributed by atoms with Gasteiger partial charge in [0.2, 0.25) is 5.91 Å². The molecular formula is C17H13F2N3O. The van der Waals surface area contributed by atoms with Crippen LogP contribution in [0.25, 0.3) is 0 Å². The van der Waals surface area contributed by atoms with Crippen LogP contribution in [0.1, 0.15) is 18.1 Å². The summed E-state index contributed by atoms with van der Waals surface area (Å²) in [5, 5.41) is 11.7. The third-order valence-corrected chi connectivity index (χ3v) is 3.76. The first-order valence-electron chi connectivity index (χ1n) is 7.05. The highest BCUT2D eigenvalue weighted by Crippen LogP contribution is 2.34. The lowest BCUT2D eigenvalue weighted by Gasteiger charge is -2.34. The van der Waals surface area contributed by atoms with Gasteiger partial charge in [0.15, 0.2) is 11.6 Å². The van der Waals surface area contributed by atoms with Crippen molar-refractivity contribution in [1.29, 1.82) is 5.26 Å². The van der Waals surface area contributed by atoms with Crippen molar-refractivity contribution in [1.82, 2.24) is 0 Å². The zero-order valence-corrected chi connectivity index (χ0v) is 12.3. The molecule has 1 unspecified atom stereocenters. The Kier molecular flexibility index (Phi) is 3.70. The molecule has 1 heterocycles. The normalized spacial score (nSPS) is 16.5. The van der Waals surface area contributed by atoms with E-state index in [1.807, 2.05) is 6.07 Å². The highest BCUT2D eigenvalue weighted by molar-refractivity contribution is 6.04. The molecule has 0 saturated heterocycles. The van der Waals surface area contributed by atoms with Gasteiger partial charge in [-0.2, -0.15) is 5.26 Å². The Hall–Kier alpha value is -2.94. The minimum atomic E-state index is -1.00. The van der Waals surface area contributed by atoms with E-state index in [0.717, 1.165) is 17.7 Å². The van der Waals surface area contributed by atoms with E-state index >= 15 is 0 Å². The van der Waals surface area contributed by atoms with E-state index < -0.39 is 17.7 Å². The lowest BCUT2D eigenvalue weighted by Crippen LogP contribution is -2.45. The number of halogens is 2. The molecular weight excluding hydrogens is 300 g/mol. The maximum absolute atomic E-state index is 13.6. The van der Waals surface area contributed by atoms with Crippen molar-refractivity contribution in [2.45, 2.75) is 19.5 Å². The molecule has 1 atom stereocenters. The van der Waals surface area contributed by atoms with Gasteiger partial charge in [-0.1, -0.05) is 12.1 Å². The molecule has 2 aromatic carbocycles. The van der Waals surface area contributed by atoms with Crippen LogP contribution < -0.4 is 10.2 Å². The van der Waals surface area contributed by atoms with Crippen molar-refractivity contribution in [3.63, 3.8) is 0 Å². The van der Waals surface area contributed by atoms with Gasteiger partial charge in [-0.15, -0.1) is 0 Å². The Labute approximate surface area is 132 Å². The molecule has 1 aliphatic heterocycles. The van der Waals surface area contributed by atoms with Gasteiger partial charge >= 0.3 is 0 Å². The van der Waals surface area contributed by atoms with E-state index in [9.17, 15) is 13.6 Å². The number of hydrogen-bond acceptors (Lipinski definition) is 3. The van der Waals surface area contributed by atoms with E-state index in [-0.39, 0.29) is 12.5 Å². The Balaban J connectivity index is 1.99. The third kappa shape index (κ3) is 2.73. The van der Waals surface area contributed by atoms with Crippen LogP contribution in [0.3, 0.4) is 0 Å². The molecule has 0 aromatic heterocycles. The predicted octanol–water partition coefficient (Wildman–Crippen LogP) is 3.18. The molecule has 1 N–H and O–H groups in total. The predicted molar refractivity (Wildman–Crippen MR) is 81.8 cm³/mol. The number of nitriles is 1. The lowest BCUT2D eigenvalue weighted by molar-refractivity contribution is -0.119. The standard InChI is InChI=1S/C17H13F2N3O/c1-10-17(23)22(9-12-4-2-11(8-20)3-5-12)16-7-14(19)13(18)6-15(16)21-10/h2-7,10,21H,9H2,1H3. The van der Waals surface area contributed by atoms with Crippen LogP contribution in [0, 0.1) is 23.0 Å². The number of carbonyl (C=O) groups excluding carboxylic acids is 1. The van der Waals surface area contributed by atoms with Gasteiger partial charge in [0.05, 0.1) is 29.6 Å². The Morgan fingerprint density at radius 2 is 1.87 bits per heavy atom. The SMILES string of the molecule is CC1Nc2cc(F)c(F)cc2N(Cc2ccc(C#N)cc2)C1=O. The van der Waals surface area contributed by atoms with E-state index in [2.05, 4.69) is 5.32 Å². The smallest absolute Gasteiger partial charge is 0.249 e. The Morgan fingerprint density at radius 3 is 2.52 bits per heavy atom. The lowest BCUT2D eigenvalue weighted by atomic mass is 10.1. The highest BCUT2D eigenvalue weighted by Gasteiger charge is 2.30. The minimum absolute atomic E-state index is 0.217. The maximum atomic E-state index is 13.6. The van der Waals surface area contributed by atoms with Crippen LogP contribution >= 0.6 is 0 Å². The first-order chi connectivity index (χ1) is 11.0. The van der Waals surface area contributed by atoms with Crippen molar-refractivity contribution in [3.8, 4) is 6.07 Å². The van der Waals surface area contributed by atoms with E-state index in [1.54, 1.807) is 31.2 Å². The highest BCUT2D eigenvalue weighted by atomic mass is 19.2. The summed E-state index contributed by atoms with van der Waals surface area (Å²) >= 11 is 0. The number of hydrogen-bond donors (Lipinski definition) is 1. The molecule has 0 saturated carbocycles. The average molecular weight is 313 g/mol. The molecule has 3 rings (SSSR count). The molecule has 0 radical (unpaired) electrons. The van der Waals surface area contributed by atoms with Crippen LogP contribution in [-0.2, 0) is 11.3 Å². The summed E-state index contributed by atoms with van der Waals surface area (Å²) < 4.78 is 27.0. The molecule has 0 bridgehead atoms. The summed E-state index contributed by atoms with van der Waals surface area (Å²) in [6.45, 7) is 1.88. The monoisotopic (exact) mass is 313 g/mol. The maximum Gasteiger partial charge on any atom is 0.249 e. The number of nitrogens with zero attached hydrogens (tertiary/aromatic N) is 2. The summed E-state index contributed by atoms with van der Waals surface area (Å²) in [7, 11) is 0. The van der Waals surface area contributed by atoms with Gasteiger partial charge in [-0.3, -0.25) is 4.79 Å². The largest absolute Gasteiger partial charge is 0.372 e. The molecule has 23 heavy (non-hydrogen) atoms. The molecule has 6 heteroatoms. The fourth-order valence-corrected chi connectivity index (χ4v) is 2.55. The molecule has 2 aromatic rings. The molecule has 1 aliphatic rings. The van der Waals surface area contributed by atoms with Crippen LogP contribution in [0.2, 0.25) is 0 Å². The number of rotatable bonds is 2. The van der Waals surface area contributed by atoms with E-state index in [1.165, 1.54) is 4.90 Å². The fourth-order valence-electron chi connectivity index (χ4n) is 2.55. The summed E-state index contributed by atoms with van der Waals surface area (Å²) in [6, 6.07) is 10.3. The van der Waals surface area contributed by atoms with Crippen LogP contribution in [0.4, 0.5) is 20.2 Å². The molecule has 0 aliphatic carbocycles. The van der Waals surface area contributed by atoms with Crippen molar-refractivity contribution >= 4 is 17.3 Å². The first-order valence-corrected chi connectivity index (χ1v) is 7.05. The molecule has 1 amide bonds. The first kappa shape index (κ1) is 15.0. The number of anilines is 2. The topological polar surface area (TPSA) is 56.1 Å². The average Bonchev–Trinajstić information content (AvgIpc) is 2.54. The quantitative estimate of drug-likeness (QED) is 0.926. The second kappa shape index (κ2) is 5.69. The third-order valence-electron chi connectivity index (χ3n) is 3.76. The molecule has 4 nitrogen and oxygen atoms in total. The van der Waals surface area contributed by atoms with Crippen LogP contribution in [-0.4, -0.2) is 11.9 Å².